The zero-order chi connectivity index (χ0) is 17.0. The van der Waals surface area contributed by atoms with Gasteiger partial charge in [0.1, 0.15) is 12.0 Å². The first-order valence-corrected chi connectivity index (χ1v) is 9.85. The summed E-state index contributed by atoms with van der Waals surface area (Å²) in [5, 5.41) is 3.69. The van der Waals surface area contributed by atoms with Crippen molar-refractivity contribution < 1.29 is 12.9 Å². The molecule has 1 aliphatic rings. The standard InChI is InChI=1S/C17H23N3O3S/c1-2-15-4-3-5-16(12-15)13-19-7-9-20(10-8-19)24(21,22)14-17-6-11-23-18-17/h3-6,11-12H,2,7-10,13-14H2,1H3. The SMILES string of the molecule is CCc1cccc(CN2CCN(S(=O)(=O)Cc3ccon3)CC2)c1. The van der Waals surface area contributed by atoms with Gasteiger partial charge in [-0.1, -0.05) is 36.3 Å². The van der Waals surface area contributed by atoms with E-state index in [2.05, 4.69) is 41.2 Å². The molecule has 1 fully saturated rings. The van der Waals surface area contributed by atoms with E-state index in [9.17, 15) is 8.42 Å². The van der Waals surface area contributed by atoms with E-state index in [0.717, 1.165) is 26.1 Å². The maximum atomic E-state index is 12.4. The zero-order valence-corrected chi connectivity index (χ0v) is 14.7. The second-order valence-electron chi connectivity index (χ2n) is 6.10. The number of piperazine rings is 1. The minimum absolute atomic E-state index is 0.0952. The van der Waals surface area contributed by atoms with Crippen molar-refractivity contribution in [2.24, 2.45) is 0 Å². The summed E-state index contributed by atoms with van der Waals surface area (Å²) in [5.74, 6) is -0.0952. The van der Waals surface area contributed by atoms with Crippen LogP contribution in [0.1, 0.15) is 23.7 Å². The van der Waals surface area contributed by atoms with Gasteiger partial charge in [-0.15, -0.1) is 0 Å². The number of aryl methyl sites for hydroxylation is 1. The predicted octanol–water partition coefficient (Wildman–Crippen LogP) is 1.88. The molecule has 6 nitrogen and oxygen atoms in total. The van der Waals surface area contributed by atoms with E-state index < -0.39 is 10.0 Å². The van der Waals surface area contributed by atoms with Crippen molar-refractivity contribution in [2.45, 2.75) is 25.6 Å². The Balaban J connectivity index is 1.55. The Labute approximate surface area is 143 Å². The smallest absolute Gasteiger partial charge is 0.220 e. The number of benzene rings is 1. The molecule has 1 aromatic heterocycles. The summed E-state index contributed by atoms with van der Waals surface area (Å²) in [4.78, 5) is 2.30. The molecule has 24 heavy (non-hydrogen) atoms. The summed E-state index contributed by atoms with van der Waals surface area (Å²) in [5.41, 5.74) is 3.07. The van der Waals surface area contributed by atoms with E-state index in [1.54, 1.807) is 10.4 Å². The summed E-state index contributed by atoms with van der Waals surface area (Å²) >= 11 is 0. The highest BCUT2D eigenvalue weighted by atomic mass is 32.2. The lowest BCUT2D eigenvalue weighted by molar-refractivity contribution is 0.181. The van der Waals surface area contributed by atoms with Gasteiger partial charge in [0.15, 0.2) is 0 Å². The lowest BCUT2D eigenvalue weighted by Crippen LogP contribution is -2.48. The molecular formula is C17H23N3O3S. The number of hydrogen-bond donors (Lipinski definition) is 0. The van der Waals surface area contributed by atoms with E-state index in [-0.39, 0.29) is 5.75 Å². The molecule has 1 aromatic carbocycles. The first kappa shape index (κ1) is 17.1. The molecule has 2 aromatic rings. The highest BCUT2D eigenvalue weighted by molar-refractivity contribution is 7.88. The van der Waals surface area contributed by atoms with Gasteiger partial charge in [-0.05, 0) is 17.5 Å². The lowest BCUT2D eigenvalue weighted by atomic mass is 10.1. The van der Waals surface area contributed by atoms with E-state index in [1.165, 1.54) is 17.4 Å². The maximum Gasteiger partial charge on any atom is 0.220 e. The molecule has 0 atom stereocenters. The third kappa shape index (κ3) is 4.23. The molecule has 1 aliphatic heterocycles. The van der Waals surface area contributed by atoms with E-state index >= 15 is 0 Å². The number of sulfonamides is 1. The van der Waals surface area contributed by atoms with Crippen molar-refractivity contribution in [1.29, 1.82) is 0 Å². The van der Waals surface area contributed by atoms with Gasteiger partial charge in [0.2, 0.25) is 10.0 Å². The van der Waals surface area contributed by atoms with Crippen LogP contribution in [0.5, 0.6) is 0 Å². The van der Waals surface area contributed by atoms with Crippen LogP contribution in [0.25, 0.3) is 0 Å². The van der Waals surface area contributed by atoms with Gasteiger partial charge < -0.3 is 4.52 Å². The summed E-state index contributed by atoms with van der Waals surface area (Å²) in [7, 11) is -3.33. The third-order valence-corrected chi connectivity index (χ3v) is 6.16. The Bertz CT molecular complexity index is 751. The van der Waals surface area contributed by atoms with Gasteiger partial charge in [-0.25, -0.2) is 8.42 Å². The minimum Gasteiger partial charge on any atom is -0.364 e. The average molecular weight is 349 g/mol. The molecule has 2 heterocycles. The molecule has 1 saturated heterocycles. The molecule has 0 radical (unpaired) electrons. The highest BCUT2D eigenvalue weighted by Gasteiger charge is 2.27. The summed E-state index contributed by atoms with van der Waals surface area (Å²) in [6.45, 7) is 5.55. The van der Waals surface area contributed by atoms with Crippen LogP contribution in [-0.2, 0) is 28.7 Å². The van der Waals surface area contributed by atoms with Crippen molar-refractivity contribution in [2.75, 3.05) is 26.2 Å². The minimum atomic E-state index is -3.33. The first-order valence-electron chi connectivity index (χ1n) is 8.24. The van der Waals surface area contributed by atoms with E-state index in [0.29, 0.717) is 18.8 Å². The topological polar surface area (TPSA) is 66.7 Å². The van der Waals surface area contributed by atoms with Crippen LogP contribution >= 0.6 is 0 Å². The second-order valence-corrected chi connectivity index (χ2v) is 8.06. The van der Waals surface area contributed by atoms with Crippen LogP contribution in [0.4, 0.5) is 0 Å². The van der Waals surface area contributed by atoms with Crippen LogP contribution in [-0.4, -0.2) is 49.0 Å². The average Bonchev–Trinajstić information content (AvgIpc) is 3.08. The number of aromatic nitrogens is 1. The monoisotopic (exact) mass is 349 g/mol. The molecule has 0 bridgehead atoms. The number of nitrogens with zero attached hydrogens (tertiary/aromatic N) is 3. The second kappa shape index (κ2) is 7.46. The molecule has 7 heteroatoms. The molecular weight excluding hydrogens is 326 g/mol. The Morgan fingerprint density at radius 1 is 1.12 bits per heavy atom. The van der Waals surface area contributed by atoms with E-state index in [1.807, 2.05) is 0 Å². The highest BCUT2D eigenvalue weighted by Crippen LogP contribution is 2.15. The fourth-order valence-electron chi connectivity index (χ4n) is 2.96. The van der Waals surface area contributed by atoms with Crippen molar-refractivity contribution in [3.63, 3.8) is 0 Å². The summed E-state index contributed by atoms with van der Waals surface area (Å²) in [6, 6.07) is 10.2. The Morgan fingerprint density at radius 3 is 2.54 bits per heavy atom. The Hall–Kier alpha value is -1.70. The van der Waals surface area contributed by atoms with Crippen LogP contribution in [0.15, 0.2) is 41.1 Å². The maximum absolute atomic E-state index is 12.4. The fraction of sp³-hybridized carbons (Fsp3) is 0.471. The summed E-state index contributed by atoms with van der Waals surface area (Å²) < 4.78 is 31.1. The quantitative estimate of drug-likeness (QED) is 0.797. The molecule has 0 amide bonds. The van der Waals surface area contributed by atoms with Crippen molar-refractivity contribution >= 4 is 10.0 Å². The van der Waals surface area contributed by atoms with Crippen LogP contribution < -0.4 is 0 Å². The van der Waals surface area contributed by atoms with Crippen molar-refractivity contribution in [1.82, 2.24) is 14.4 Å². The van der Waals surface area contributed by atoms with Gasteiger partial charge >= 0.3 is 0 Å². The Morgan fingerprint density at radius 2 is 1.88 bits per heavy atom. The van der Waals surface area contributed by atoms with Gasteiger partial charge in [-0.2, -0.15) is 4.31 Å². The molecule has 0 unspecified atom stereocenters. The van der Waals surface area contributed by atoms with Crippen LogP contribution in [0.2, 0.25) is 0 Å². The fourth-order valence-corrected chi connectivity index (χ4v) is 4.39. The van der Waals surface area contributed by atoms with Gasteiger partial charge in [0, 0.05) is 38.8 Å². The Kier molecular flexibility index (Phi) is 5.33. The predicted molar refractivity (Wildman–Crippen MR) is 91.8 cm³/mol. The first-order chi connectivity index (χ1) is 11.6. The third-order valence-electron chi connectivity index (χ3n) is 4.35. The van der Waals surface area contributed by atoms with Gasteiger partial charge in [0.05, 0.1) is 5.69 Å². The summed E-state index contributed by atoms with van der Waals surface area (Å²) in [6.07, 6.45) is 2.43. The van der Waals surface area contributed by atoms with Crippen LogP contribution in [0, 0.1) is 0 Å². The largest absolute Gasteiger partial charge is 0.364 e. The lowest BCUT2D eigenvalue weighted by Gasteiger charge is -2.33. The molecule has 0 aliphatic carbocycles. The van der Waals surface area contributed by atoms with Crippen molar-refractivity contribution in [3.8, 4) is 0 Å². The molecule has 0 spiro atoms. The molecule has 3 rings (SSSR count). The number of hydrogen-bond acceptors (Lipinski definition) is 5. The van der Waals surface area contributed by atoms with Gasteiger partial charge in [-0.3, -0.25) is 4.90 Å². The molecule has 130 valence electrons. The van der Waals surface area contributed by atoms with E-state index in [4.69, 9.17) is 4.52 Å². The van der Waals surface area contributed by atoms with Crippen LogP contribution in [0.3, 0.4) is 0 Å². The van der Waals surface area contributed by atoms with Crippen molar-refractivity contribution in [3.05, 3.63) is 53.4 Å². The molecule has 0 N–H and O–H groups in total. The molecule has 0 saturated carbocycles. The zero-order valence-electron chi connectivity index (χ0n) is 13.9. The van der Waals surface area contributed by atoms with Gasteiger partial charge in [0.25, 0.3) is 0 Å². The normalized spacial score (nSPS) is 17.2. The number of rotatable bonds is 6.